The number of hydrogen-bond acceptors (Lipinski definition) is 3. The lowest BCUT2D eigenvalue weighted by atomic mass is 9.65. The first-order valence-electron chi connectivity index (χ1n) is 8.76. The molecule has 3 fully saturated rings. The van der Waals surface area contributed by atoms with Crippen molar-refractivity contribution < 1.29 is 9.35 Å². The molecule has 4 nitrogen and oxygen atoms in total. The number of carbonyl (C=O) groups is 1. The number of nitrogens with zero attached hydrogens (tertiary/aromatic N) is 1. The van der Waals surface area contributed by atoms with E-state index in [-0.39, 0.29) is 28.2 Å². The van der Waals surface area contributed by atoms with Gasteiger partial charge in [-0.1, -0.05) is 30.3 Å². The van der Waals surface area contributed by atoms with Gasteiger partial charge in [0.2, 0.25) is 5.91 Å². The summed E-state index contributed by atoms with van der Waals surface area (Å²) in [6.45, 7) is 5.92. The minimum atomic E-state index is -1.19. The van der Waals surface area contributed by atoms with Crippen LogP contribution >= 0.6 is 0 Å². The summed E-state index contributed by atoms with van der Waals surface area (Å²) in [4.78, 5) is 14.6. The molecule has 4 rings (SSSR count). The zero-order chi connectivity index (χ0) is 17.5. The SMILES string of the molecule is CN1C(=O)C2CCC1([C@H](N[S@+]([O-])C(C)(C)C)c1ccccc1)CC2. The Hall–Kier alpha value is -1.04. The molecule has 1 N–H and O–H groups in total. The van der Waals surface area contributed by atoms with Crippen LogP contribution in [0.25, 0.3) is 0 Å². The van der Waals surface area contributed by atoms with Gasteiger partial charge in [0, 0.05) is 24.3 Å². The lowest BCUT2D eigenvalue weighted by molar-refractivity contribution is -0.155. The van der Waals surface area contributed by atoms with Gasteiger partial charge >= 0.3 is 0 Å². The number of nitrogens with one attached hydrogen (secondary N) is 1. The van der Waals surface area contributed by atoms with Crippen LogP contribution in [0.3, 0.4) is 0 Å². The van der Waals surface area contributed by atoms with Gasteiger partial charge in [-0.25, -0.2) is 0 Å². The van der Waals surface area contributed by atoms with Gasteiger partial charge in [-0.2, -0.15) is 0 Å². The van der Waals surface area contributed by atoms with E-state index in [1.165, 1.54) is 0 Å². The molecule has 0 spiro atoms. The fourth-order valence-corrected chi connectivity index (χ4v) is 5.02. The highest BCUT2D eigenvalue weighted by Gasteiger charge is 2.55. The molecule has 3 aliphatic rings. The number of piperidine rings is 2. The number of rotatable bonds is 4. The van der Waals surface area contributed by atoms with Crippen LogP contribution in [0.15, 0.2) is 30.3 Å². The summed E-state index contributed by atoms with van der Waals surface area (Å²) in [5.74, 6) is 0.429. The van der Waals surface area contributed by atoms with Crippen molar-refractivity contribution in [3.8, 4) is 0 Å². The Kier molecular flexibility index (Phi) is 4.71. The normalized spacial score (nSPS) is 29.6. The fourth-order valence-electron chi connectivity index (χ4n) is 4.09. The summed E-state index contributed by atoms with van der Waals surface area (Å²) in [5.41, 5.74) is 0.823. The summed E-state index contributed by atoms with van der Waals surface area (Å²) < 4.78 is 15.9. The van der Waals surface area contributed by atoms with Crippen LogP contribution in [0.4, 0.5) is 0 Å². The summed E-state index contributed by atoms with van der Waals surface area (Å²) in [6.07, 6.45) is 3.81. The Balaban J connectivity index is 1.99. The molecule has 1 aromatic rings. The highest BCUT2D eigenvalue weighted by Crippen LogP contribution is 2.49. The van der Waals surface area contributed by atoms with E-state index in [0.717, 1.165) is 31.2 Å². The van der Waals surface area contributed by atoms with Crippen molar-refractivity contribution in [3.63, 3.8) is 0 Å². The Labute approximate surface area is 148 Å². The van der Waals surface area contributed by atoms with Crippen molar-refractivity contribution in [2.24, 2.45) is 5.92 Å². The standard InChI is InChI=1S/C19H28N2O2S/c1-18(2,3)24(23)20-16(14-8-6-5-7-9-14)19-12-10-15(11-13-19)17(22)21(19)4/h5-9,15-16,20H,10-13H2,1-4H3/t15?,16-,19?,24-/m1/s1. The molecule has 132 valence electrons. The number of hydrogen-bond donors (Lipinski definition) is 1. The van der Waals surface area contributed by atoms with Gasteiger partial charge in [0.15, 0.2) is 0 Å². The van der Waals surface area contributed by atoms with Crippen molar-refractivity contribution in [2.75, 3.05) is 7.05 Å². The summed E-state index contributed by atoms with van der Waals surface area (Å²) in [7, 11) is 1.92. The van der Waals surface area contributed by atoms with Crippen molar-refractivity contribution >= 4 is 17.3 Å². The van der Waals surface area contributed by atoms with E-state index in [0.29, 0.717) is 0 Å². The molecule has 1 aliphatic carbocycles. The summed E-state index contributed by atoms with van der Waals surface area (Å²) >= 11 is -1.19. The second kappa shape index (κ2) is 6.36. The minimum absolute atomic E-state index is 0.117. The number of carbonyl (C=O) groups excluding carboxylic acids is 1. The van der Waals surface area contributed by atoms with E-state index in [4.69, 9.17) is 0 Å². The third kappa shape index (κ3) is 2.98. The van der Waals surface area contributed by atoms with Gasteiger partial charge in [-0.05, 0) is 52.0 Å². The van der Waals surface area contributed by atoms with Crippen molar-refractivity contribution in [3.05, 3.63) is 35.9 Å². The maximum Gasteiger partial charge on any atom is 0.225 e. The number of benzene rings is 1. The molecule has 0 unspecified atom stereocenters. The Morgan fingerprint density at radius 1 is 1.25 bits per heavy atom. The maximum absolute atomic E-state index is 12.8. The van der Waals surface area contributed by atoms with Crippen LogP contribution in [-0.4, -0.2) is 32.7 Å². The topological polar surface area (TPSA) is 55.4 Å². The molecular formula is C19H28N2O2S. The Morgan fingerprint density at radius 3 is 2.38 bits per heavy atom. The Morgan fingerprint density at radius 2 is 1.83 bits per heavy atom. The highest BCUT2D eigenvalue weighted by atomic mass is 32.2. The van der Waals surface area contributed by atoms with Crippen LogP contribution in [0, 0.1) is 5.92 Å². The second-order valence-corrected chi connectivity index (χ2v) is 10.1. The molecule has 5 heteroatoms. The largest absolute Gasteiger partial charge is 0.598 e. The number of likely N-dealkylation sites (N-methyl/N-ethyl adjacent to an activating group) is 1. The average molecular weight is 349 g/mol. The average Bonchev–Trinajstić information content (AvgIpc) is 2.57. The van der Waals surface area contributed by atoms with Gasteiger partial charge < -0.3 is 9.45 Å². The predicted octanol–water partition coefficient (Wildman–Crippen LogP) is 3.18. The van der Waals surface area contributed by atoms with Crippen LogP contribution in [0.1, 0.15) is 58.1 Å². The second-order valence-electron chi connectivity index (χ2n) is 8.12. The van der Waals surface area contributed by atoms with Crippen LogP contribution in [0.5, 0.6) is 0 Å². The molecule has 24 heavy (non-hydrogen) atoms. The van der Waals surface area contributed by atoms with Gasteiger partial charge in [0.25, 0.3) is 0 Å². The molecule has 2 saturated heterocycles. The number of fused-ring (bicyclic) bond motifs is 3. The molecule has 0 radical (unpaired) electrons. The highest BCUT2D eigenvalue weighted by molar-refractivity contribution is 7.90. The van der Waals surface area contributed by atoms with E-state index < -0.39 is 11.4 Å². The van der Waals surface area contributed by atoms with E-state index >= 15 is 0 Å². The lowest BCUT2D eigenvalue weighted by Crippen LogP contribution is -2.65. The monoisotopic (exact) mass is 348 g/mol. The molecule has 2 heterocycles. The van der Waals surface area contributed by atoms with Crippen molar-refractivity contribution in [1.29, 1.82) is 0 Å². The van der Waals surface area contributed by atoms with E-state index in [1.807, 2.05) is 50.9 Å². The first-order valence-corrected chi connectivity index (χ1v) is 9.91. The van der Waals surface area contributed by atoms with Crippen molar-refractivity contribution in [2.45, 2.75) is 62.8 Å². The zero-order valence-corrected chi connectivity index (χ0v) is 15.9. The van der Waals surface area contributed by atoms with E-state index in [2.05, 4.69) is 16.9 Å². The quantitative estimate of drug-likeness (QED) is 0.850. The van der Waals surface area contributed by atoms with Gasteiger partial charge in [-0.15, -0.1) is 4.72 Å². The van der Waals surface area contributed by atoms with Gasteiger partial charge in [-0.3, -0.25) is 4.79 Å². The fraction of sp³-hybridized carbons (Fsp3) is 0.632. The molecule has 1 amide bonds. The molecule has 1 aromatic carbocycles. The van der Waals surface area contributed by atoms with Gasteiger partial charge in [0.05, 0.1) is 5.54 Å². The van der Waals surface area contributed by atoms with E-state index in [9.17, 15) is 9.35 Å². The summed E-state index contributed by atoms with van der Waals surface area (Å²) in [5, 5.41) is 0. The van der Waals surface area contributed by atoms with Gasteiger partial charge in [0.1, 0.15) is 10.8 Å². The first kappa shape index (κ1) is 17.8. The molecule has 0 aromatic heterocycles. The third-order valence-corrected chi connectivity index (χ3v) is 7.21. The van der Waals surface area contributed by atoms with Crippen molar-refractivity contribution in [1.82, 2.24) is 9.62 Å². The molecule has 2 bridgehead atoms. The minimum Gasteiger partial charge on any atom is -0.598 e. The number of amides is 1. The van der Waals surface area contributed by atoms with Crippen LogP contribution < -0.4 is 4.72 Å². The smallest absolute Gasteiger partial charge is 0.225 e. The molecule has 2 aliphatic heterocycles. The maximum atomic E-state index is 12.8. The third-order valence-electron chi connectivity index (χ3n) is 5.65. The molecular weight excluding hydrogens is 320 g/mol. The zero-order valence-electron chi connectivity index (χ0n) is 15.0. The lowest BCUT2D eigenvalue weighted by Gasteiger charge is -2.56. The van der Waals surface area contributed by atoms with E-state index in [1.54, 1.807) is 0 Å². The van der Waals surface area contributed by atoms with Crippen LogP contribution in [-0.2, 0) is 16.2 Å². The summed E-state index contributed by atoms with van der Waals surface area (Å²) in [6, 6.07) is 10.0. The van der Waals surface area contributed by atoms with Crippen LogP contribution in [0.2, 0.25) is 0 Å². The Bertz CT molecular complexity index is 591. The first-order chi connectivity index (χ1) is 11.3. The molecule has 1 saturated carbocycles. The molecule has 2 atom stereocenters. The predicted molar refractivity (Wildman–Crippen MR) is 97.7 cm³/mol.